The first kappa shape index (κ1) is 31.9. The van der Waals surface area contributed by atoms with Gasteiger partial charge >= 0.3 is 0 Å². The molecule has 1 aromatic carbocycles. The van der Waals surface area contributed by atoms with Gasteiger partial charge in [0.15, 0.2) is 11.6 Å². The van der Waals surface area contributed by atoms with Crippen molar-refractivity contribution in [2.24, 2.45) is 5.92 Å². The van der Waals surface area contributed by atoms with E-state index in [0.29, 0.717) is 34.2 Å². The Kier molecular flexibility index (Phi) is 11.0. The topological polar surface area (TPSA) is 88.2 Å². The molecule has 0 spiro atoms. The number of ether oxygens (including phenoxy) is 1. The highest BCUT2D eigenvalue weighted by Gasteiger charge is 2.36. The first-order valence-corrected chi connectivity index (χ1v) is 14.9. The van der Waals surface area contributed by atoms with E-state index >= 15 is 4.39 Å². The maximum Gasteiger partial charge on any atom is 0.262 e. The highest BCUT2D eigenvalue weighted by atomic mass is 32.2. The Hall–Kier alpha value is -2.64. The van der Waals surface area contributed by atoms with Gasteiger partial charge in [-0.1, -0.05) is 32.2 Å². The molecule has 1 aromatic heterocycles. The van der Waals surface area contributed by atoms with Crippen LogP contribution in [0.15, 0.2) is 41.6 Å². The van der Waals surface area contributed by atoms with E-state index in [9.17, 15) is 17.4 Å². The fraction of sp³-hybridized carbons (Fsp3) is 0.481. The number of allylic oxidation sites excluding steroid dienone is 2. The summed E-state index contributed by atoms with van der Waals surface area (Å²) in [6.45, 7) is 12.9. The van der Waals surface area contributed by atoms with E-state index in [2.05, 4.69) is 31.9 Å². The molecule has 0 bridgehead atoms. The predicted molar refractivity (Wildman–Crippen MR) is 155 cm³/mol. The van der Waals surface area contributed by atoms with Gasteiger partial charge in [0.2, 0.25) is 11.8 Å². The Bertz CT molecular complexity index is 1280. The molecule has 3 unspecified atom stereocenters. The number of piperidine rings is 1. The minimum Gasteiger partial charge on any atom is -0.457 e. The Morgan fingerprint density at radius 3 is 2.62 bits per heavy atom. The monoisotopic (exact) mass is 601 g/mol. The first-order valence-electron chi connectivity index (χ1n) is 12.9. The second-order valence-electron chi connectivity index (χ2n) is 9.89. The molecule has 220 valence electrons. The van der Waals surface area contributed by atoms with Crippen molar-refractivity contribution in [1.82, 2.24) is 15.3 Å². The lowest BCUT2D eigenvalue weighted by Gasteiger charge is -2.30. The molecule has 3 N–H and O–H groups in total. The predicted octanol–water partition coefficient (Wildman–Crippen LogP) is 6.71. The van der Waals surface area contributed by atoms with Crippen LogP contribution in [-0.2, 0) is 11.0 Å². The number of halogens is 4. The van der Waals surface area contributed by atoms with Gasteiger partial charge in [0.25, 0.3) is 5.92 Å². The lowest BCUT2D eigenvalue weighted by molar-refractivity contribution is -0.0244. The summed E-state index contributed by atoms with van der Waals surface area (Å²) in [5.41, 5.74) is 0.166. The van der Waals surface area contributed by atoms with E-state index in [-0.39, 0.29) is 41.5 Å². The van der Waals surface area contributed by atoms with Crippen LogP contribution in [0.3, 0.4) is 0 Å². The standard InChI is InChI=1S/C27H35F4N5O2S2/c1-7-17(6)24(38-21-9-8-19(22(28)23(21)29)36-40(37)16(4)5)25(39-15(2)3)20-10-11-33-26(35-20)34-18-12-27(30,31)14-32-13-18/h8-11,16-18,32,36H,2,7,12-14H2,1,3-6H3,(H,33,34,35)/b25-24+. The summed E-state index contributed by atoms with van der Waals surface area (Å²) in [6, 6.07) is 3.59. The Balaban J connectivity index is 2.01. The molecule has 13 heteroatoms. The second-order valence-corrected chi connectivity index (χ2v) is 12.9. The van der Waals surface area contributed by atoms with E-state index in [1.165, 1.54) is 30.1 Å². The molecule has 0 radical (unpaired) electrons. The van der Waals surface area contributed by atoms with Gasteiger partial charge in [0.05, 0.1) is 22.8 Å². The van der Waals surface area contributed by atoms with Crippen molar-refractivity contribution < 1.29 is 26.5 Å². The maximum atomic E-state index is 15.2. The Morgan fingerprint density at radius 2 is 2.00 bits per heavy atom. The van der Waals surface area contributed by atoms with E-state index in [4.69, 9.17) is 4.74 Å². The van der Waals surface area contributed by atoms with Gasteiger partial charge in [-0.25, -0.2) is 27.3 Å². The molecule has 40 heavy (non-hydrogen) atoms. The molecule has 2 heterocycles. The average molecular weight is 602 g/mol. The van der Waals surface area contributed by atoms with E-state index < -0.39 is 34.6 Å². The number of hydrogen-bond acceptors (Lipinski definition) is 7. The fourth-order valence-corrected chi connectivity index (χ4v) is 5.29. The zero-order chi connectivity index (χ0) is 29.6. The first-order chi connectivity index (χ1) is 18.8. The molecule has 1 fully saturated rings. The van der Waals surface area contributed by atoms with Gasteiger partial charge < -0.3 is 20.1 Å². The third-order valence-electron chi connectivity index (χ3n) is 6.01. The summed E-state index contributed by atoms with van der Waals surface area (Å²) in [5, 5.41) is 5.36. The lowest BCUT2D eigenvalue weighted by atomic mass is 10.0. The van der Waals surface area contributed by atoms with Gasteiger partial charge in [-0.2, -0.15) is 4.39 Å². The van der Waals surface area contributed by atoms with Gasteiger partial charge in [0.1, 0.15) is 16.7 Å². The van der Waals surface area contributed by atoms with Crippen LogP contribution in [0.5, 0.6) is 5.75 Å². The van der Waals surface area contributed by atoms with Gasteiger partial charge in [-0.15, -0.1) is 0 Å². The van der Waals surface area contributed by atoms with Crippen molar-refractivity contribution in [1.29, 1.82) is 0 Å². The van der Waals surface area contributed by atoms with Gasteiger partial charge in [0, 0.05) is 36.4 Å². The van der Waals surface area contributed by atoms with Crippen LogP contribution in [0.1, 0.15) is 53.2 Å². The number of benzene rings is 1. The van der Waals surface area contributed by atoms with Gasteiger partial charge in [-0.3, -0.25) is 0 Å². The second kappa shape index (κ2) is 13.8. The zero-order valence-electron chi connectivity index (χ0n) is 23.1. The summed E-state index contributed by atoms with van der Waals surface area (Å²) >= 11 is 1.24. The molecule has 3 rings (SSSR count). The SMILES string of the molecule is C=C(C)S/C(=C(/Oc1ccc(NS(=O)C(C)C)c(F)c1F)C(C)CC)c1ccnc(NC2CNCC(F)(F)C2)n1. The largest absolute Gasteiger partial charge is 0.457 e. The number of aromatic nitrogens is 2. The highest BCUT2D eigenvalue weighted by Crippen LogP contribution is 2.40. The highest BCUT2D eigenvalue weighted by molar-refractivity contribution is 8.11. The lowest BCUT2D eigenvalue weighted by Crippen LogP contribution is -2.49. The number of rotatable bonds is 12. The van der Waals surface area contributed by atoms with Crippen molar-refractivity contribution >= 4 is 39.3 Å². The number of hydrogen-bond donors (Lipinski definition) is 3. The molecule has 7 nitrogen and oxygen atoms in total. The van der Waals surface area contributed by atoms with Crippen molar-refractivity contribution in [3.63, 3.8) is 0 Å². The number of thioether (sulfide) groups is 1. The number of nitrogens with zero attached hydrogens (tertiary/aromatic N) is 2. The molecule has 0 amide bonds. The van der Waals surface area contributed by atoms with Crippen molar-refractivity contribution in [2.45, 2.75) is 64.7 Å². The van der Waals surface area contributed by atoms with Crippen LogP contribution in [0.2, 0.25) is 0 Å². The van der Waals surface area contributed by atoms with E-state index in [0.717, 1.165) is 0 Å². The molecular formula is C27H35F4N5O2S2. The minimum atomic E-state index is -2.85. The van der Waals surface area contributed by atoms with E-state index in [1.807, 2.05) is 13.8 Å². The van der Waals surface area contributed by atoms with Crippen molar-refractivity contribution in [3.8, 4) is 5.75 Å². The smallest absolute Gasteiger partial charge is 0.262 e. The summed E-state index contributed by atoms with van der Waals surface area (Å²) in [6.07, 6.45) is 1.73. The summed E-state index contributed by atoms with van der Waals surface area (Å²) < 4.78 is 78.4. The van der Waals surface area contributed by atoms with Gasteiger partial charge in [-0.05, 0) is 50.3 Å². The molecule has 0 saturated carbocycles. The normalized spacial score (nSPS) is 19.0. The summed E-state index contributed by atoms with van der Waals surface area (Å²) in [4.78, 5) is 9.92. The maximum absolute atomic E-state index is 15.2. The van der Waals surface area contributed by atoms with E-state index in [1.54, 1.807) is 26.8 Å². The van der Waals surface area contributed by atoms with Crippen LogP contribution in [0.4, 0.5) is 29.2 Å². The van der Waals surface area contributed by atoms with Crippen molar-refractivity contribution in [2.75, 3.05) is 23.1 Å². The molecule has 0 aliphatic carbocycles. The third-order valence-corrected chi connectivity index (χ3v) is 8.25. The molecular weight excluding hydrogens is 566 g/mol. The molecule has 1 aliphatic heterocycles. The molecule has 2 aromatic rings. The fourth-order valence-electron chi connectivity index (χ4n) is 3.77. The Labute approximate surface area is 239 Å². The summed E-state index contributed by atoms with van der Waals surface area (Å²) in [7, 11) is -1.60. The molecule has 1 saturated heterocycles. The van der Waals surface area contributed by atoms with Crippen molar-refractivity contribution in [3.05, 3.63) is 59.0 Å². The van der Waals surface area contributed by atoms with Crippen LogP contribution < -0.4 is 20.1 Å². The number of anilines is 2. The quantitative estimate of drug-likeness (QED) is 0.184. The summed E-state index contributed by atoms with van der Waals surface area (Å²) in [5.74, 6) is -5.41. The third kappa shape index (κ3) is 8.43. The minimum absolute atomic E-state index is 0.149. The van der Waals surface area contributed by atoms with Crippen LogP contribution in [0.25, 0.3) is 4.91 Å². The van der Waals surface area contributed by atoms with Crippen LogP contribution in [0, 0.1) is 17.6 Å². The Morgan fingerprint density at radius 1 is 1.27 bits per heavy atom. The average Bonchev–Trinajstić information content (AvgIpc) is 2.88. The molecule has 3 atom stereocenters. The van der Waals surface area contributed by atoms with Crippen LogP contribution in [-0.4, -0.2) is 44.5 Å². The van der Waals surface area contributed by atoms with Crippen LogP contribution >= 0.6 is 11.8 Å². The number of nitrogens with one attached hydrogen (secondary N) is 3. The molecule has 1 aliphatic rings. The number of alkyl halides is 2. The zero-order valence-corrected chi connectivity index (χ0v) is 24.7.